The topological polar surface area (TPSA) is 39.4 Å². The molecule has 6 heteroatoms. The van der Waals surface area contributed by atoms with Gasteiger partial charge in [0.05, 0.1) is 0 Å². The normalized spacial score (nSPS) is 11.0. The fourth-order valence-corrected chi connectivity index (χ4v) is 2.91. The largest absolute Gasteiger partial charge is 0.489 e. The molecule has 0 radical (unpaired) electrons. The van der Waals surface area contributed by atoms with Gasteiger partial charge >= 0.3 is 5.63 Å². The van der Waals surface area contributed by atoms with Crippen LogP contribution in [0.5, 0.6) is 5.75 Å². The summed E-state index contributed by atoms with van der Waals surface area (Å²) in [6, 6.07) is 9.80. The molecule has 0 fully saturated rings. The number of rotatable bonds is 3. The molecule has 0 aliphatic rings. The van der Waals surface area contributed by atoms with Crippen molar-refractivity contribution in [1.29, 1.82) is 0 Å². The lowest BCUT2D eigenvalue weighted by Gasteiger charge is -2.10. The Bertz CT molecular complexity index is 927. The maximum absolute atomic E-state index is 11.7. The van der Waals surface area contributed by atoms with E-state index in [-0.39, 0.29) is 6.61 Å². The second kappa shape index (κ2) is 6.44. The highest BCUT2D eigenvalue weighted by Crippen LogP contribution is 2.28. The summed E-state index contributed by atoms with van der Waals surface area (Å²) in [6.07, 6.45) is 0. The first kappa shape index (κ1) is 16.2. The van der Waals surface area contributed by atoms with Gasteiger partial charge in [-0.05, 0) is 42.8 Å². The van der Waals surface area contributed by atoms with Crippen LogP contribution in [0, 0.1) is 6.92 Å². The van der Waals surface area contributed by atoms with Crippen LogP contribution >= 0.6 is 34.8 Å². The Morgan fingerprint density at radius 2 is 1.70 bits per heavy atom. The molecule has 0 amide bonds. The molecule has 118 valence electrons. The number of halogens is 3. The van der Waals surface area contributed by atoms with E-state index < -0.39 is 5.63 Å². The lowest BCUT2D eigenvalue weighted by Crippen LogP contribution is -2.04. The molecule has 1 aromatic heterocycles. The highest BCUT2D eigenvalue weighted by molar-refractivity contribution is 6.34. The van der Waals surface area contributed by atoms with E-state index in [1.165, 1.54) is 6.07 Å². The van der Waals surface area contributed by atoms with Gasteiger partial charge in [0.15, 0.2) is 0 Å². The summed E-state index contributed by atoms with van der Waals surface area (Å²) >= 11 is 18.0. The van der Waals surface area contributed by atoms with Crippen molar-refractivity contribution in [2.75, 3.05) is 0 Å². The van der Waals surface area contributed by atoms with Crippen molar-refractivity contribution in [1.82, 2.24) is 0 Å². The second-order valence-electron chi connectivity index (χ2n) is 5.08. The Morgan fingerprint density at radius 3 is 2.39 bits per heavy atom. The Labute approximate surface area is 147 Å². The van der Waals surface area contributed by atoms with Crippen LogP contribution in [-0.2, 0) is 6.61 Å². The summed E-state index contributed by atoms with van der Waals surface area (Å²) in [6.45, 7) is 2.01. The van der Waals surface area contributed by atoms with Gasteiger partial charge in [-0.25, -0.2) is 4.79 Å². The fraction of sp³-hybridized carbons (Fsp3) is 0.118. The van der Waals surface area contributed by atoms with Crippen molar-refractivity contribution in [3.05, 3.63) is 73.0 Å². The van der Waals surface area contributed by atoms with Gasteiger partial charge in [0, 0.05) is 32.1 Å². The minimum Gasteiger partial charge on any atom is -0.489 e. The SMILES string of the molecule is Cc1cc2oc(=O)cc(COc3cc(Cl)cc(Cl)c3)c2cc1Cl. The van der Waals surface area contributed by atoms with Crippen LogP contribution in [0.15, 0.2) is 45.6 Å². The van der Waals surface area contributed by atoms with Crippen molar-refractivity contribution in [3.63, 3.8) is 0 Å². The molecule has 0 saturated heterocycles. The minimum absolute atomic E-state index is 0.165. The number of ether oxygens (including phenoxy) is 1. The van der Waals surface area contributed by atoms with Gasteiger partial charge in [0.1, 0.15) is 17.9 Å². The Kier molecular flexibility index (Phi) is 4.53. The van der Waals surface area contributed by atoms with Gasteiger partial charge in [-0.15, -0.1) is 0 Å². The third-order valence-electron chi connectivity index (χ3n) is 3.34. The van der Waals surface area contributed by atoms with E-state index in [4.69, 9.17) is 44.0 Å². The standard InChI is InChI=1S/C17H11Cl3O3/c1-9-2-16-14(7-15(9)20)10(3-17(21)23-16)8-22-13-5-11(18)4-12(19)6-13/h2-7H,8H2,1H3. The molecule has 0 bridgehead atoms. The molecule has 3 aromatic rings. The number of benzene rings is 2. The zero-order valence-electron chi connectivity index (χ0n) is 12.0. The van der Waals surface area contributed by atoms with Gasteiger partial charge in [0.2, 0.25) is 0 Å². The molecule has 0 spiro atoms. The molecule has 0 aliphatic heterocycles. The van der Waals surface area contributed by atoms with Crippen LogP contribution in [0.1, 0.15) is 11.1 Å². The van der Waals surface area contributed by atoms with E-state index in [0.717, 1.165) is 10.9 Å². The van der Waals surface area contributed by atoms with Crippen molar-refractivity contribution < 1.29 is 9.15 Å². The average Bonchev–Trinajstić information content (AvgIpc) is 2.45. The van der Waals surface area contributed by atoms with Crippen LogP contribution in [-0.4, -0.2) is 0 Å². The van der Waals surface area contributed by atoms with Gasteiger partial charge in [-0.1, -0.05) is 34.8 Å². The summed E-state index contributed by atoms with van der Waals surface area (Å²) in [7, 11) is 0. The molecule has 0 N–H and O–H groups in total. The smallest absolute Gasteiger partial charge is 0.336 e. The monoisotopic (exact) mass is 368 g/mol. The van der Waals surface area contributed by atoms with Crippen molar-refractivity contribution >= 4 is 45.8 Å². The van der Waals surface area contributed by atoms with Crippen molar-refractivity contribution in [2.24, 2.45) is 0 Å². The molecule has 0 unspecified atom stereocenters. The quantitative estimate of drug-likeness (QED) is 0.561. The predicted molar refractivity (Wildman–Crippen MR) is 93.0 cm³/mol. The summed E-state index contributed by atoms with van der Waals surface area (Å²) in [5.74, 6) is 0.516. The molecular formula is C17H11Cl3O3. The lowest BCUT2D eigenvalue weighted by atomic mass is 10.1. The van der Waals surface area contributed by atoms with E-state index in [1.807, 2.05) is 6.92 Å². The maximum atomic E-state index is 11.7. The molecule has 1 heterocycles. The highest BCUT2D eigenvalue weighted by Gasteiger charge is 2.10. The Balaban J connectivity index is 1.99. The lowest BCUT2D eigenvalue weighted by molar-refractivity contribution is 0.306. The fourth-order valence-electron chi connectivity index (χ4n) is 2.24. The summed E-state index contributed by atoms with van der Waals surface area (Å²) in [5, 5.41) is 2.28. The summed E-state index contributed by atoms with van der Waals surface area (Å²) in [5.41, 5.74) is 1.54. The molecule has 0 aliphatic carbocycles. The van der Waals surface area contributed by atoms with Crippen LogP contribution in [0.25, 0.3) is 11.0 Å². The summed E-state index contributed by atoms with van der Waals surface area (Å²) < 4.78 is 10.9. The van der Waals surface area contributed by atoms with Crippen LogP contribution in [0.2, 0.25) is 15.1 Å². The minimum atomic E-state index is -0.443. The number of aryl methyl sites for hydroxylation is 1. The highest BCUT2D eigenvalue weighted by atomic mass is 35.5. The predicted octanol–water partition coefficient (Wildman–Crippen LogP) is 5.64. The zero-order chi connectivity index (χ0) is 16.6. The molecule has 3 rings (SSSR count). The van der Waals surface area contributed by atoms with E-state index in [0.29, 0.717) is 32.0 Å². The number of fused-ring (bicyclic) bond motifs is 1. The third kappa shape index (κ3) is 3.63. The second-order valence-corrected chi connectivity index (χ2v) is 6.36. The molecule has 2 aromatic carbocycles. The Morgan fingerprint density at radius 1 is 1.00 bits per heavy atom. The molecule has 23 heavy (non-hydrogen) atoms. The van der Waals surface area contributed by atoms with Gasteiger partial charge in [0.25, 0.3) is 0 Å². The van der Waals surface area contributed by atoms with Gasteiger partial charge in [-0.3, -0.25) is 0 Å². The molecule has 3 nitrogen and oxygen atoms in total. The first-order valence-electron chi connectivity index (χ1n) is 6.74. The van der Waals surface area contributed by atoms with E-state index in [2.05, 4.69) is 0 Å². The number of hydrogen-bond donors (Lipinski definition) is 0. The van der Waals surface area contributed by atoms with Crippen LogP contribution in [0.4, 0.5) is 0 Å². The van der Waals surface area contributed by atoms with E-state index in [1.54, 1.807) is 30.3 Å². The number of hydrogen-bond acceptors (Lipinski definition) is 3. The van der Waals surface area contributed by atoms with Gasteiger partial charge < -0.3 is 9.15 Å². The first-order valence-corrected chi connectivity index (χ1v) is 7.87. The van der Waals surface area contributed by atoms with E-state index in [9.17, 15) is 4.79 Å². The zero-order valence-corrected chi connectivity index (χ0v) is 14.3. The maximum Gasteiger partial charge on any atom is 0.336 e. The van der Waals surface area contributed by atoms with Crippen LogP contribution in [0.3, 0.4) is 0 Å². The van der Waals surface area contributed by atoms with Crippen LogP contribution < -0.4 is 10.4 Å². The molecular weight excluding hydrogens is 359 g/mol. The average molecular weight is 370 g/mol. The van der Waals surface area contributed by atoms with Crippen molar-refractivity contribution in [2.45, 2.75) is 13.5 Å². The van der Waals surface area contributed by atoms with Crippen molar-refractivity contribution in [3.8, 4) is 5.75 Å². The summed E-state index contributed by atoms with van der Waals surface area (Å²) in [4.78, 5) is 11.7. The first-order chi connectivity index (χ1) is 10.9. The molecule has 0 atom stereocenters. The third-order valence-corrected chi connectivity index (χ3v) is 4.18. The molecule has 0 saturated carbocycles. The Hall–Kier alpha value is -1.68. The van der Waals surface area contributed by atoms with Gasteiger partial charge in [-0.2, -0.15) is 0 Å². The van der Waals surface area contributed by atoms with E-state index >= 15 is 0 Å².